The van der Waals surface area contributed by atoms with Gasteiger partial charge in [0.05, 0.1) is 6.54 Å². The molecule has 1 atom stereocenters. The van der Waals surface area contributed by atoms with Gasteiger partial charge in [-0.3, -0.25) is 9.48 Å². The molecule has 0 aliphatic carbocycles. The van der Waals surface area contributed by atoms with Crippen molar-refractivity contribution in [1.82, 2.24) is 19.6 Å². The Labute approximate surface area is 160 Å². The van der Waals surface area contributed by atoms with E-state index in [-0.39, 0.29) is 5.69 Å². The molecule has 0 aliphatic heterocycles. The second-order valence-electron chi connectivity index (χ2n) is 6.05. The van der Waals surface area contributed by atoms with Crippen molar-refractivity contribution in [3.63, 3.8) is 0 Å². The molecular weight excluding hydrogens is 370 g/mol. The van der Waals surface area contributed by atoms with E-state index in [2.05, 4.69) is 15.5 Å². The van der Waals surface area contributed by atoms with Crippen molar-refractivity contribution in [3.8, 4) is 0 Å². The number of rotatable bonds is 6. The lowest BCUT2D eigenvalue weighted by Crippen LogP contribution is -2.24. The molecule has 8 nitrogen and oxygen atoms in total. The van der Waals surface area contributed by atoms with Crippen LogP contribution in [-0.4, -0.2) is 36.5 Å². The quantitative estimate of drug-likeness (QED) is 0.677. The van der Waals surface area contributed by atoms with Crippen LogP contribution >= 0.6 is 11.6 Å². The monoisotopic (exact) mass is 387 g/mol. The fraction of sp³-hybridized carbons (Fsp3) is 0.222. The van der Waals surface area contributed by atoms with Crippen LogP contribution in [0.2, 0.25) is 5.02 Å². The van der Waals surface area contributed by atoms with E-state index in [0.29, 0.717) is 17.4 Å². The first-order valence-electron chi connectivity index (χ1n) is 8.22. The Bertz CT molecular complexity index is 995. The number of hydrogen-bond acceptors (Lipinski definition) is 4. The summed E-state index contributed by atoms with van der Waals surface area (Å²) < 4.78 is 2.89. The van der Waals surface area contributed by atoms with Crippen LogP contribution in [-0.2, 0) is 11.3 Å². The molecule has 1 aromatic carbocycles. The highest BCUT2D eigenvalue weighted by Crippen LogP contribution is 2.19. The van der Waals surface area contributed by atoms with Gasteiger partial charge < -0.3 is 10.4 Å². The maximum Gasteiger partial charge on any atom is 0.328 e. The standard InChI is InChI=1S/C18H18ClN5O3/c1-11-9-16(22-23(11)10-13-5-3-4-6-14(13)19)21-17(25)15-7-8-20-24(15)12(2)18(26)27/h3-9,12H,10H2,1-2H3,(H,26,27)(H,21,22,25). The van der Waals surface area contributed by atoms with Gasteiger partial charge in [0.2, 0.25) is 0 Å². The summed E-state index contributed by atoms with van der Waals surface area (Å²) in [5, 5.41) is 20.8. The number of carboxylic acids is 1. The molecule has 0 aliphatic rings. The van der Waals surface area contributed by atoms with E-state index in [4.69, 9.17) is 16.7 Å². The Kier molecular flexibility index (Phi) is 5.27. The third-order valence-electron chi connectivity index (χ3n) is 4.13. The number of benzene rings is 1. The van der Waals surface area contributed by atoms with Gasteiger partial charge in [-0.2, -0.15) is 10.2 Å². The van der Waals surface area contributed by atoms with Gasteiger partial charge in [0.25, 0.3) is 5.91 Å². The van der Waals surface area contributed by atoms with Crippen LogP contribution in [0.1, 0.15) is 34.7 Å². The average Bonchev–Trinajstić information content (AvgIpc) is 3.23. The number of aromatic nitrogens is 4. The second kappa shape index (κ2) is 7.63. The molecule has 0 saturated heterocycles. The number of aliphatic carboxylic acids is 1. The van der Waals surface area contributed by atoms with Gasteiger partial charge in [-0.25, -0.2) is 9.48 Å². The summed E-state index contributed by atoms with van der Waals surface area (Å²) in [5.41, 5.74) is 1.90. The molecule has 2 N–H and O–H groups in total. The van der Waals surface area contributed by atoms with E-state index in [0.717, 1.165) is 15.9 Å². The molecule has 3 aromatic rings. The largest absolute Gasteiger partial charge is 0.480 e. The average molecular weight is 388 g/mol. The van der Waals surface area contributed by atoms with Crippen LogP contribution in [0.4, 0.5) is 5.82 Å². The number of nitrogens with one attached hydrogen (secondary N) is 1. The smallest absolute Gasteiger partial charge is 0.328 e. The first-order chi connectivity index (χ1) is 12.9. The Morgan fingerprint density at radius 2 is 2.04 bits per heavy atom. The summed E-state index contributed by atoms with van der Waals surface area (Å²) in [6, 6.07) is 9.71. The Morgan fingerprint density at radius 1 is 1.30 bits per heavy atom. The SMILES string of the molecule is Cc1cc(NC(=O)c2ccnn2C(C)C(=O)O)nn1Cc1ccccc1Cl. The van der Waals surface area contributed by atoms with E-state index in [9.17, 15) is 9.59 Å². The molecule has 3 rings (SSSR count). The van der Waals surface area contributed by atoms with Crippen molar-refractivity contribution in [1.29, 1.82) is 0 Å². The number of carbonyl (C=O) groups is 2. The molecule has 27 heavy (non-hydrogen) atoms. The molecule has 1 amide bonds. The molecule has 2 aromatic heterocycles. The fourth-order valence-electron chi connectivity index (χ4n) is 2.61. The lowest BCUT2D eigenvalue weighted by molar-refractivity contribution is -0.140. The summed E-state index contributed by atoms with van der Waals surface area (Å²) in [5.74, 6) is -1.20. The predicted octanol–water partition coefficient (Wildman–Crippen LogP) is 2.99. The summed E-state index contributed by atoms with van der Waals surface area (Å²) in [6.45, 7) is 3.79. The summed E-state index contributed by atoms with van der Waals surface area (Å²) >= 11 is 6.19. The molecule has 9 heteroatoms. The maximum absolute atomic E-state index is 12.5. The molecule has 2 heterocycles. The number of halogens is 1. The van der Waals surface area contributed by atoms with Crippen LogP contribution in [0.25, 0.3) is 0 Å². The Hall–Kier alpha value is -3.13. The summed E-state index contributed by atoms with van der Waals surface area (Å²) in [7, 11) is 0. The molecule has 0 fully saturated rings. The van der Waals surface area contributed by atoms with Gasteiger partial charge in [0.1, 0.15) is 11.7 Å². The Balaban J connectivity index is 1.78. The van der Waals surface area contributed by atoms with Crippen molar-refractivity contribution in [2.75, 3.05) is 5.32 Å². The third-order valence-corrected chi connectivity index (χ3v) is 4.50. The lowest BCUT2D eigenvalue weighted by atomic mass is 10.2. The van der Waals surface area contributed by atoms with Gasteiger partial charge in [-0.1, -0.05) is 29.8 Å². The third kappa shape index (κ3) is 4.01. The fourth-order valence-corrected chi connectivity index (χ4v) is 2.80. The minimum Gasteiger partial charge on any atom is -0.480 e. The van der Waals surface area contributed by atoms with E-state index in [1.54, 1.807) is 10.7 Å². The van der Waals surface area contributed by atoms with Gasteiger partial charge >= 0.3 is 5.97 Å². The number of amides is 1. The van der Waals surface area contributed by atoms with Crippen LogP contribution in [0.3, 0.4) is 0 Å². The minimum absolute atomic E-state index is 0.142. The molecule has 1 unspecified atom stereocenters. The van der Waals surface area contributed by atoms with Crippen molar-refractivity contribution < 1.29 is 14.7 Å². The van der Waals surface area contributed by atoms with Crippen LogP contribution in [0, 0.1) is 6.92 Å². The van der Waals surface area contributed by atoms with Crippen molar-refractivity contribution >= 4 is 29.3 Å². The lowest BCUT2D eigenvalue weighted by Gasteiger charge is -2.10. The maximum atomic E-state index is 12.5. The number of anilines is 1. The summed E-state index contributed by atoms with van der Waals surface area (Å²) in [4.78, 5) is 23.7. The first-order valence-corrected chi connectivity index (χ1v) is 8.60. The van der Waals surface area contributed by atoms with Crippen molar-refractivity contribution in [3.05, 3.63) is 64.6 Å². The molecular formula is C18H18ClN5O3. The zero-order valence-electron chi connectivity index (χ0n) is 14.8. The van der Waals surface area contributed by atoms with Crippen molar-refractivity contribution in [2.24, 2.45) is 0 Å². The first kappa shape index (κ1) is 18.7. The number of nitrogens with zero attached hydrogens (tertiary/aromatic N) is 4. The molecule has 0 saturated carbocycles. The molecule has 140 valence electrons. The van der Waals surface area contributed by atoms with Gasteiger partial charge in [-0.05, 0) is 31.5 Å². The number of hydrogen-bond donors (Lipinski definition) is 2. The van der Waals surface area contributed by atoms with Crippen LogP contribution < -0.4 is 5.32 Å². The highest BCUT2D eigenvalue weighted by atomic mass is 35.5. The molecule has 0 radical (unpaired) electrons. The van der Waals surface area contributed by atoms with Gasteiger partial charge in [0.15, 0.2) is 5.82 Å². The zero-order chi connectivity index (χ0) is 19.6. The predicted molar refractivity (Wildman–Crippen MR) is 100 cm³/mol. The van der Waals surface area contributed by atoms with E-state index < -0.39 is 17.9 Å². The number of carboxylic acid groups (broad SMARTS) is 1. The van der Waals surface area contributed by atoms with Crippen LogP contribution in [0.5, 0.6) is 0 Å². The minimum atomic E-state index is -1.08. The zero-order valence-corrected chi connectivity index (χ0v) is 15.5. The normalized spacial score (nSPS) is 12.0. The summed E-state index contributed by atoms with van der Waals surface area (Å²) in [6.07, 6.45) is 1.38. The number of carbonyl (C=O) groups excluding carboxylic acids is 1. The topological polar surface area (TPSA) is 102 Å². The highest BCUT2D eigenvalue weighted by molar-refractivity contribution is 6.31. The van der Waals surface area contributed by atoms with E-state index in [1.165, 1.54) is 19.2 Å². The van der Waals surface area contributed by atoms with Gasteiger partial charge in [-0.15, -0.1) is 0 Å². The Morgan fingerprint density at radius 3 is 2.74 bits per heavy atom. The second-order valence-corrected chi connectivity index (χ2v) is 6.46. The van der Waals surface area contributed by atoms with Crippen LogP contribution in [0.15, 0.2) is 42.6 Å². The van der Waals surface area contributed by atoms with E-state index in [1.807, 2.05) is 31.2 Å². The van der Waals surface area contributed by atoms with E-state index >= 15 is 0 Å². The number of aryl methyl sites for hydroxylation is 1. The van der Waals surface area contributed by atoms with Crippen molar-refractivity contribution in [2.45, 2.75) is 26.4 Å². The van der Waals surface area contributed by atoms with Gasteiger partial charge in [0, 0.05) is 23.0 Å². The molecule has 0 spiro atoms. The highest BCUT2D eigenvalue weighted by Gasteiger charge is 2.21. The molecule has 0 bridgehead atoms.